The summed E-state index contributed by atoms with van der Waals surface area (Å²) in [4.78, 5) is 0. The van der Waals surface area contributed by atoms with E-state index in [0.717, 1.165) is 17.4 Å². The Morgan fingerprint density at radius 3 is 2.94 bits per heavy atom. The molecule has 1 aromatic rings. The lowest BCUT2D eigenvalue weighted by Gasteiger charge is -2.21. The van der Waals surface area contributed by atoms with Gasteiger partial charge in [0.2, 0.25) is 0 Å². The van der Waals surface area contributed by atoms with Gasteiger partial charge in [-0.05, 0) is 18.6 Å². The fraction of sp³-hybridized carbons (Fsp3) is 0.571. The van der Waals surface area contributed by atoms with Gasteiger partial charge in [-0.2, -0.15) is 0 Å². The molecule has 1 aliphatic heterocycles. The molecule has 100 valence electrons. The van der Waals surface area contributed by atoms with E-state index in [-0.39, 0.29) is 11.9 Å². The number of nitrogens with one attached hydrogen (secondary N) is 1. The Hall–Kier alpha value is -0.450. The van der Waals surface area contributed by atoms with Crippen LogP contribution in [0.15, 0.2) is 22.7 Å². The highest BCUT2D eigenvalue weighted by molar-refractivity contribution is 9.10. The zero-order valence-corrected chi connectivity index (χ0v) is 12.3. The van der Waals surface area contributed by atoms with Gasteiger partial charge in [0.25, 0.3) is 0 Å². The molecule has 18 heavy (non-hydrogen) atoms. The van der Waals surface area contributed by atoms with Crippen molar-refractivity contribution in [1.82, 2.24) is 5.32 Å². The normalized spacial score (nSPS) is 23.8. The number of hydrogen-bond acceptors (Lipinski definition) is 2. The van der Waals surface area contributed by atoms with Crippen LogP contribution < -0.4 is 5.32 Å². The van der Waals surface area contributed by atoms with E-state index in [1.807, 2.05) is 12.1 Å². The van der Waals surface area contributed by atoms with Gasteiger partial charge in [0.05, 0.1) is 6.10 Å². The molecule has 2 unspecified atom stereocenters. The second-order valence-corrected chi connectivity index (χ2v) is 5.98. The first-order valence-corrected chi connectivity index (χ1v) is 7.17. The van der Waals surface area contributed by atoms with Crippen LogP contribution in [0.3, 0.4) is 0 Å². The van der Waals surface area contributed by atoms with E-state index in [9.17, 15) is 4.39 Å². The van der Waals surface area contributed by atoms with Crippen LogP contribution in [0, 0.1) is 11.7 Å². The summed E-state index contributed by atoms with van der Waals surface area (Å²) in [6.07, 6.45) is 0.865. The number of benzene rings is 1. The third-order valence-corrected chi connectivity index (χ3v) is 3.76. The van der Waals surface area contributed by atoms with Crippen LogP contribution in [0.5, 0.6) is 0 Å². The minimum absolute atomic E-state index is 0.121. The van der Waals surface area contributed by atoms with Gasteiger partial charge in [-0.25, -0.2) is 4.39 Å². The van der Waals surface area contributed by atoms with E-state index < -0.39 is 0 Å². The minimum Gasteiger partial charge on any atom is -0.373 e. The Morgan fingerprint density at radius 1 is 1.50 bits per heavy atom. The molecule has 0 aromatic heterocycles. The van der Waals surface area contributed by atoms with Crippen molar-refractivity contribution in [3.8, 4) is 0 Å². The first-order chi connectivity index (χ1) is 8.58. The lowest BCUT2D eigenvalue weighted by Crippen LogP contribution is -2.30. The molecule has 1 saturated heterocycles. The highest BCUT2D eigenvalue weighted by atomic mass is 79.9. The highest BCUT2D eigenvalue weighted by Gasteiger charge is 2.31. The molecule has 4 heteroatoms. The molecule has 0 bridgehead atoms. The quantitative estimate of drug-likeness (QED) is 0.915. The van der Waals surface area contributed by atoms with Gasteiger partial charge < -0.3 is 10.1 Å². The molecule has 1 fully saturated rings. The van der Waals surface area contributed by atoms with Crippen molar-refractivity contribution < 1.29 is 9.13 Å². The van der Waals surface area contributed by atoms with Crippen LogP contribution in [-0.4, -0.2) is 19.2 Å². The molecule has 0 amide bonds. The standard InChI is InChI=1S/C14H19BrFNO/c1-9(2)17-8-10-5-6-18-14(10)12-4-3-11(15)7-13(12)16/h3-4,7,9-10,14,17H,5-6,8H2,1-2H3. The smallest absolute Gasteiger partial charge is 0.130 e. The van der Waals surface area contributed by atoms with Gasteiger partial charge in [-0.15, -0.1) is 0 Å². The molecule has 1 N–H and O–H groups in total. The van der Waals surface area contributed by atoms with Gasteiger partial charge in [0, 0.05) is 35.1 Å². The van der Waals surface area contributed by atoms with Crippen molar-refractivity contribution in [2.75, 3.05) is 13.2 Å². The van der Waals surface area contributed by atoms with Crippen LogP contribution in [0.4, 0.5) is 4.39 Å². The van der Waals surface area contributed by atoms with Crippen molar-refractivity contribution >= 4 is 15.9 Å². The van der Waals surface area contributed by atoms with Gasteiger partial charge in [-0.1, -0.05) is 35.8 Å². The third-order valence-electron chi connectivity index (χ3n) is 3.27. The number of halogens is 2. The summed E-state index contributed by atoms with van der Waals surface area (Å²) in [6, 6.07) is 5.63. The predicted molar refractivity (Wildman–Crippen MR) is 74.0 cm³/mol. The summed E-state index contributed by atoms with van der Waals surface area (Å²) in [7, 11) is 0. The van der Waals surface area contributed by atoms with Crippen LogP contribution in [-0.2, 0) is 4.74 Å². The third kappa shape index (κ3) is 3.31. The molecule has 2 nitrogen and oxygen atoms in total. The van der Waals surface area contributed by atoms with E-state index >= 15 is 0 Å². The van der Waals surface area contributed by atoms with E-state index in [4.69, 9.17) is 4.74 Å². The second-order valence-electron chi connectivity index (χ2n) is 5.07. The number of rotatable bonds is 4. The fourth-order valence-electron chi connectivity index (χ4n) is 2.31. The summed E-state index contributed by atoms with van der Waals surface area (Å²) >= 11 is 3.28. The monoisotopic (exact) mass is 315 g/mol. The summed E-state index contributed by atoms with van der Waals surface area (Å²) in [5.74, 6) is 0.161. The second kappa shape index (κ2) is 6.13. The number of ether oxygens (including phenoxy) is 1. The molecular weight excluding hydrogens is 297 g/mol. The van der Waals surface area contributed by atoms with Crippen molar-refractivity contribution in [2.24, 2.45) is 5.92 Å². The van der Waals surface area contributed by atoms with Crippen molar-refractivity contribution in [2.45, 2.75) is 32.4 Å². The zero-order chi connectivity index (χ0) is 13.1. The SMILES string of the molecule is CC(C)NCC1CCOC1c1ccc(Br)cc1F. The largest absolute Gasteiger partial charge is 0.373 e. The first-order valence-electron chi connectivity index (χ1n) is 6.38. The molecule has 0 radical (unpaired) electrons. The molecule has 1 aliphatic rings. The van der Waals surface area contributed by atoms with Gasteiger partial charge in [0.15, 0.2) is 0 Å². The molecule has 1 aromatic carbocycles. The maximum absolute atomic E-state index is 13.9. The molecule has 0 spiro atoms. The first kappa shape index (κ1) is 14.0. The summed E-state index contributed by atoms with van der Waals surface area (Å²) in [5, 5.41) is 3.41. The van der Waals surface area contributed by atoms with Crippen LogP contribution in [0.2, 0.25) is 0 Å². The van der Waals surface area contributed by atoms with E-state index in [2.05, 4.69) is 35.1 Å². The average Bonchev–Trinajstić information content (AvgIpc) is 2.74. The summed E-state index contributed by atoms with van der Waals surface area (Å²) < 4.78 is 20.4. The lowest BCUT2D eigenvalue weighted by molar-refractivity contribution is 0.0870. The van der Waals surface area contributed by atoms with Gasteiger partial charge in [-0.3, -0.25) is 0 Å². The molecule has 0 aliphatic carbocycles. The zero-order valence-electron chi connectivity index (χ0n) is 10.7. The molecule has 2 atom stereocenters. The van der Waals surface area contributed by atoms with Gasteiger partial charge >= 0.3 is 0 Å². The van der Waals surface area contributed by atoms with E-state index in [1.54, 1.807) is 0 Å². The summed E-state index contributed by atoms with van der Waals surface area (Å²) in [5.41, 5.74) is 0.672. The topological polar surface area (TPSA) is 21.3 Å². The Morgan fingerprint density at radius 2 is 2.28 bits per heavy atom. The van der Waals surface area contributed by atoms with E-state index in [1.165, 1.54) is 6.07 Å². The molecule has 1 heterocycles. The van der Waals surface area contributed by atoms with E-state index in [0.29, 0.717) is 24.1 Å². The minimum atomic E-state index is -0.189. The van der Waals surface area contributed by atoms with Crippen molar-refractivity contribution in [3.05, 3.63) is 34.1 Å². The van der Waals surface area contributed by atoms with Crippen molar-refractivity contribution in [1.29, 1.82) is 0 Å². The molecule has 2 rings (SSSR count). The van der Waals surface area contributed by atoms with Crippen LogP contribution in [0.1, 0.15) is 31.9 Å². The maximum Gasteiger partial charge on any atom is 0.130 e. The molecular formula is C14H19BrFNO. The Labute approximate surface area is 116 Å². The Bertz CT molecular complexity index is 411. The summed E-state index contributed by atoms with van der Waals surface area (Å²) in [6.45, 7) is 5.82. The fourth-order valence-corrected chi connectivity index (χ4v) is 2.64. The Kier molecular flexibility index (Phi) is 4.76. The average molecular weight is 316 g/mol. The van der Waals surface area contributed by atoms with Crippen LogP contribution in [0.25, 0.3) is 0 Å². The molecule has 0 saturated carbocycles. The number of hydrogen-bond donors (Lipinski definition) is 1. The van der Waals surface area contributed by atoms with Gasteiger partial charge in [0.1, 0.15) is 5.82 Å². The van der Waals surface area contributed by atoms with Crippen LogP contribution >= 0.6 is 15.9 Å². The Balaban J connectivity index is 2.10. The lowest BCUT2D eigenvalue weighted by atomic mass is 9.94. The predicted octanol–water partition coefficient (Wildman–Crippen LogP) is 3.66. The maximum atomic E-state index is 13.9. The van der Waals surface area contributed by atoms with Crippen molar-refractivity contribution in [3.63, 3.8) is 0 Å². The highest BCUT2D eigenvalue weighted by Crippen LogP contribution is 2.36.